The van der Waals surface area contributed by atoms with Crippen LogP contribution in [0.15, 0.2) is 59.1 Å². The first kappa shape index (κ1) is 21.9. The lowest BCUT2D eigenvalue weighted by atomic mass is 9.87. The number of phenolic OH excluding ortho intramolecular Hbond substituents is 1. The molecule has 4 atom stereocenters. The molecule has 0 radical (unpaired) electrons. The van der Waals surface area contributed by atoms with E-state index in [1.165, 1.54) is 5.57 Å². The van der Waals surface area contributed by atoms with Crippen molar-refractivity contribution in [1.29, 1.82) is 0 Å². The number of H-pyrrole nitrogens is 1. The molecule has 5 nitrogen and oxygen atoms in total. The van der Waals surface area contributed by atoms with E-state index in [2.05, 4.69) is 44.0 Å². The molecule has 3 rings (SSSR count). The number of aromatic amines is 1. The third-order valence-electron chi connectivity index (χ3n) is 5.79. The molecule has 2 heterocycles. The molecule has 0 unspecified atom stereocenters. The maximum absolute atomic E-state index is 12.7. The largest absolute Gasteiger partial charge is 0.508 e. The number of aromatic nitrogens is 1. The Morgan fingerprint density at radius 1 is 1.33 bits per heavy atom. The summed E-state index contributed by atoms with van der Waals surface area (Å²) in [5.74, 6) is 1.20. The van der Waals surface area contributed by atoms with Crippen molar-refractivity contribution in [2.75, 3.05) is 7.11 Å². The standard InChI is InChI=1S/C25H31NO4/c1-6-15(2)13-16(3)7-12-21-17(4)23(29-5)22-24(30-21)20(14-26-25(22)28)18-8-10-19(27)11-9-18/h7-15,17,21,23,27H,6H2,1-5H3,(H,26,28)/b12-7+,16-13+/t15-,17-,21+,23+/m0/s1. The van der Waals surface area contributed by atoms with Crippen LogP contribution < -0.4 is 10.3 Å². The Morgan fingerprint density at radius 3 is 2.67 bits per heavy atom. The van der Waals surface area contributed by atoms with Crippen molar-refractivity contribution < 1.29 is 14.6 Å². The Hall–Kier alpha value is -2.79. The van der Waals surface area contributed by atoms with Crippen molar-refractivity contribution in [2.45, 2.75) is 46.3 Å². The normalized spacial score (nSPS) is 22.6. The predicted octanol–water partition coefficient (Wildman–Crippen LogP) is 5.38. The van der Waals surface area contributed by atoms with Crippen LogP contribution in [0.4, 0.5) is 0 Å². The van der Waals surface area contributed by atoms with Crippen LogP contribution in [0.3, 0.4) is 0 Å². The van der Waals surface area contributed by atoms with Gasteiger partial charge in [0.05, 0.1) is 11.7 Å². The lowest BCUT2D eigenvalue weighted by Crippen LogP contribution is -2.37. The van der Waals surface area contributed by atoms with Crippen molar-refractivity contribution in [2.24, 2.45) is 11.8 Å². The number of phenols is 1. The average Bonchev–Trinajstić information content (AvgIpc) is 2.73. The topological polar surface area (TPSA) is 71.5 Å². The summed E-state index contributed by atoms with van der Waals surface area (Å²) >= 11 is 0. The van der Waals surface area contributed by atoms with E-state index in [9.17, 15) is 9.90 Å². The zero-order valence-corrected chi connectivity index (χ0v) is 18.3. The number of fused-ring (bicyclic) bond motifs is 1. The maximum atomic E-state index is 12.7. The minimum atomic E-state index is -0.386. The average molecular weight is 410 g/mol. The lowest BCUT2D eigenvalue weighted by Gasteiger charge is -2.36. The summed E-state index contributed by atoms with van der Waals surface area (Å²) < 4.78 is 12.1. The number of benzene rings is 1. The molecule has 0 saturated heterocycles. The molecule has 0 saturated carbocycles. The van der Waals surface area contributed by atoms with E-state index in [-0.39, 0.29) is 29.4 Å². The number of hydrogen-bond donors (Lipinski definition) is 2. The van der Waals surface area contributed by atoms with Crippen LogP contribution in [-0.2, 0) is 4.74 Å². The van der Waals surface area contributed by atoms with E-state index in [1.54, 1.807) is 37.6 Å². The Balaban J connectivity index is 2.04. The van der Waals surface area contributed by atoms with Gasteiger partial charge in [-0.2, -0.15) is 0 Å². The number of ether oxygens (including phenoxy) is 2. The second-order valence-corrected chi connectivity index (χ2v) is 8.07. The smallest absolute Gasteiger partial charge is 0.257 e. The Morgan fingerprint density at radius 2 is 2.03 bits per heavy atom. The summed E-state index contributed by atoms with van der Waals surface area (Å²) in [5, 5.41) is 9.62. The van der Waals surface area contributed by atoms with Gasteiger partial charge >= 0.3 is 0 Å². The van der Waals surface area contributed by atoms with Crippen molar-refractivity contribution >= 4 is 0 Å². The second kappa shape index (κ2) is 9.35. The SMILES string of the molecule is CC[C@H](C)/C=C(C)/C=C/[C@H]1Oc2c(-c3ccc(O)cc3)c[nH]c(=O)c2[C@H](OC)[C@H]1C. The van der Waals surface area contributed by atoms with Crippen molar-refractivity contribution in [3.8, 4) is 22.6 Å². The highest BCUT2D eigenvalue weighted by molar-refractivity contribution is 5.72. The van der Waals surface area contributed by atoms with Crippen LogP contribution in [-0.4, -0.2) is 23.3 Å². The van der Waals surface area contributed by atoms with Gasteiger partial charge in [-0.15, -0.1) is 0 Å². The molecule has 160 valence electrons. The van der Waals surface area contributed by atoms with Crippen LogP contribution >= 0.6 is 0 Å². The number of nitrogens with one attached hydrogen (secondary N) is 1. The molecule has 2 aromatic rings. The minimum Gasteiger partial charge on any atom is -0.508 e. The highest BCUT2D eigenvalue weighted by Crippen LogP contribution is 2.44. The van der Waals surface area contributed by atoms with Crippen molar-refractivity contribution in [3.05, 3.63) is 70.2 Å². The number of aromatic hydroxyl groups is 1. The summed E-state index contributed by atoms with van der Waals surface area (Å²) in [7, 11) is 1.62. The molecule has 30 heavy (non-hydrogen) atoms. The molecule has 1 aliphatic rings. The fraction of sp³-hybridized carbons (Fsp3) is 0.400. The Labute approximate surface area is 178 Å². The van der Waals surface area contributed by atoms with E-state index in [0.29, 0.717) is 17.2 Å². The van der Waals surface area contributed by atoms with E-state index in [4.69, 9.17) is 9.47 Å². The van der Waals surface area contributed by atoms with Gasteiger partial charge in [0, 0.05) is 24.8 Å². The number of allylic oxidation sites excluding steroid dienone is 3. The number of pyridine rings is 1. The third kappa shape index (κ3) is 4.51. The zero-order chi connectivity index (χ0) is 21.8. The molecular formula is C25H31NO4. The highest BCUT2D eigenvalue weighted by atomic mass is 16.5. The zero-order valence-electron chi connectivity index (χ0n) is 18.3. The molecule has 5 heteroatoms. The molecular weight excluding hydrogens is 378 g/mol. The first-order chi connectivity index (χ1) is 14.3. The van der Waals surface area contributed by atoms with Gasteiger partial charge in [-0.25, -0.2) is 0 Å². The fourth-order valence-corrected chi connectivity index (χ4v) is 3.86. The first-order valence-electron chi connectivity index (χ1n) is 10.5. The van der Waals surface area contributed by atoms with E-state index < -0.39 is 0 Å². The van der Waals surface area contributed by atoms with Gasteiger partial charge in [0.2, 0.25) is 0 Å². The van der Waals surface area contributed by atoms with Crippen molar-refractivity contribution in [1.82, 2.24) is 4.98 Å². The fourth-order valence-electron chi connectivity index (χ4n) is 3.86. The highest BCUT2D eigenvalue weighted by Gasteiger charge is 2.38. The minimum absolute atomic E-state index is 0.0358. The number of methoxy groups -OCH3 is 1. The second-order valence-electron chi connectivity index (χ2n) is 8.07. The van der Waals surface area contributed by atoms with Gasteiger partial charge in [0.25, 0.3) is 5.56 Å². The molecule has 1 aromatic heterocycles. The van der Waals surface area contributed by atoms with Crippen LogP contribution in [0.25, 0.3) is 11.1 Å². The van der Waals surface area contributed by atoms with E-state index >= 15 is 0 Å². The molecule has 0 spiro atoms. The van der Waals surface area contributed by atoms with Crippen LogP contribution in [0.2, 0.25) is 0 Å². The molecule has 1 aliphatic heterocycles. The maximum Gasteiger partial charge on any atom is 0.257 e. The Kier molecular flexibility index (Phi) is 6.83. The molecule has 0 bridgehead atoms. The van der Waals surface area contributed by atoms with Gasteiger partial charge in [-0.3, -0.25) is 4.79 Å². The van der Waals surface area contributed by atoms with Gasteiger partial charge in [0.15, 0.2) is 0 Å². The molecule has 2 N–H and O–H groups in total. The van der Waals surface area contributed by atoms with E-state index in [0.717, 1.165) is 17.5 Å². The number of rotatable bonds is 6. The van der Waals surface area contributed by atoms with Crippen LogP contribution in [0.5, 0.6) is 11.5 Å². The summed E-state index contributed by atoms with van der Waals surface area (Å²) in [6, 6.07) is 6.84. The quantitative estimate of drug-likeness (QED) is 0.628. The first-order valence-corrected chi connectivity index (χ1v) is 10.5. The Bertz CT molecular complexity index is 987. The summed E-state index contributed by atoms with van der Waals surface area (Å²) in [6.45, 7) is 8.49. The van der Waals surface area contributed by atoms with Gasteiger partial charge in [-0.1, -0.05) is 57.0 Å². The van der Waals surface area contributed by atoms with E-state index in [1.807, 2.05) is 6.92 Å². The molecule has 0 aliphatic carbocycles. The summed E-state index contributed by atoms with van der Waals surface area (Å²) in [4.78, 5) is 15.5. The molecule has 0 fully saturated rings. The van der Waals surface area contributed by atoms with Gasteiger partial charge in [-0.05, 0) is 36.6 Å². The summed E-state index contributed by atoms with van der Waals surface area (Å²) in [5.41, 5.74) is 3.10. The van der Waals surface area contributed by atoms with Gasteiger partial charge < -0.3 is 19.6 Å². The van der Waals surface area contributed by atoms with Crippen molar-refractivity contribution in [3.63, 3.8) is 0 Å². The molecule has 1 aromatic carbocycles. The van der Waals surface area contributed by atoms with Gasteiger partial charge in [0.1, 0.15) is 17.6 Å². The monoisotopic (exact) mass is 409 g/mol. The number of hydrogen-bond acceptors (Lipinski definition) is 4. The predicted molar refractivity (Wildman–Crippen MR) is 120 cm³/mol. The lowest BCUT2D eigenvalue weighted by molar-refractivity contribution is -0.00410. The molecule has 0 amide bonds. The van der Waals surface area contributed by atoms with Crippen LogP contribution in [0.1, 0.15) is 45.8 Å². The third-order valence-corrected chi connectivity index (χ3v) is 5.79. The van der Waals surface area contributed by atoms with Crippen LogP contribution in [0, 0.1) is 11.8 Å². The summed E-state index contributed by atoms with van der Waals surface area (Å²) in [6.07, 6.45) is 8.51.